The van der Waals surface area contributed by atoms with E-state index in [1.807, 2.05) is 0 Å². The number of hydrogen-bond donors (Lipinski definition) is 0. The molecule has 0 saturated heterocycles. The van der Waals surface area contributed by atoms with Crippen molar-refractivity contribution in [2.75, 3.05) is 13.2 Å². The van der Waals surface area contributed by atoms with Gasteiger partial charge in [0.05, 0.1) is 0 Å². The van der Waals surface area contributed by atoms with Gasteiger partial charge in [-0.05, 0) is 71.3 Å². The maximum absolute atomic E-state index is 6.29. The normalized spacial score (nSPS) is 19.7. The van der Waals surface area contributed by atoms with Crippen LogP contribution in [0.1, 0.15) is 72.1 Å². The fourth-order valence-electron chi connectivity index (χ4n) is 4.20. The average molecular weight is 337 g/mol. The minimum absolute atomic E-state index is 0.598. The molecule has 0 aromatic heterocycles. The summed E-state index contributed by atoms with van der Waals surface area (Å²) in [5.41, 5.74) is 3.38. The smallest absolute Gasteiger partial charge is 0.338 e. The second-order valence-corrected chi connectivity index (χ2v) is 10.5. The molecule has 0 aromatic carbocycles. The monoisotopic (exact) mass is 336 g/mol. The van der Waals surface area contributed by atoms with Crippen LogP contribution in [0.5, 0.6) is 0 Å². The van der Waals surface area contributed by atoms with Crippen LogP contribution in [0.2, 0.25) is 12.1 Å². The van der Waals surface area contributed by atoms with Gasteiger partial charge in [-0.1, -0.05) is 30.2 Å². The van der Waals surface area contributed by atoms with Crippen LogP contribution in [0.4, 0.5) is 0 Å². The molecule has 0 aromatic rings. The van der Waals surface area contributed by atoms with Crippen molar-refractivity contribution >= 4 is 8.56 Å². The maximum Gasteiger partial charge on any atom is 0.338 e. The first kappa shape index (κ1) is 18.9. The van der Waals surface area contributed by atoms with E-state index in [0.717, 1.165) is 25.3 Å². The summed E-state index contributed by atoms with van der Waals surface area (Å²) >= 11 is 0. The summed E-state index contributed by atoms with van der Waals surface area (Å²) < 4.78 is 12.6. The summed E-state index contributed by atoms with van der Waals surface area (Å²) in [6.07, 6.45) is 15.6. The van der Waals surface area contributed by atoms with Gasteiger partial charge >= 0.3 is 8.56 Å². The average Bonchev–Trinajstić information content (AvgIpc) is 2.61. The lowest BCUT2D eigenvalue weighted by Gasteiger charge is -2.36. The molecule has 0 radical (unpaired) electrons. The molecular weight excluding hydrogens is 300 g/mol. The molecule has 132 valence electrons. The molecule has 2 aliphatic rings. The first-order chi connectivity index (χ1) is 11.2. The van der Waals surface area contributed by atoms with E-state index in [4.69, 9.17) is 8.85 Å². The van der Waals surface area contributed by atoms with Crippen LogP contribution in [0.25, 0.3) is 0 Å². The molecule has 23 heavy (non-hydrogen) atoms. The van der Waals surface area contributed by atoms with Gasteiger partial charge in [-0.2, -0.15) is 0 Å². The lowest BCUT2D eigenvalue weighted by Crippen LogP contribution is -2.44. The molecule has 2 nitrogen and oxygen atoms in total. The molecule has 0 spiro atoms. The van der Waals surface area contributed by atoms with Crippen LogP contribution in [0.15, 0.2) is 23.3 Å². The molecule has 0 heterocycles. The van der Waals surface area contributed by atoms with E-state index in [2.05, 4.69) is 32.9 Å². The van der Waals surface area contributed by atoms with Gasteiger partial charge in [0.25, 0.3) is 0 Å². The Hall–Kier alpha value is -0.383. The lowest BCUT2D eigenvalue weighted by molar-refractivity contribution is 0.180. The van der Waals surface area contributed by atoms with E-state index in [0.29, 0.717) is 5.92 Å². The zero-order chi connectivity index (χ0) is 16.5. The Kier molecular flexibility index (Phi) is 8.08. The molecule has 0 atom stereocenters. The maximum atomic E-state index is 6.29. The van der Waals surface area contributed by atoms with E-state index in [1.54, 1.807) is 11.1 Å². The second kappa shape index (κ2) is 9.80. The summed E-state index contributed by atoms with van der Waals surface area (Å²) in [6.45, 7) is 8.06. The van der Waals surface area contributed by atoms with Crippen LogP contribution in [0.3, 0.4) is 0 Å². The molecular formula is C20H36O2Si. The summed E-state index contributed by atoms with van der Waals surface area (Å²) in [5, 5.41) is 0. The third-order valence-electron chi connectivity index (χ3n) is 5.42. The Morgan fingerprint density at radius 1 is 0.870 bits per heavy atom. The molecule has 2 rings (SSSR count). The zero-order valence-electron chi connectivity index (χ0n) is 15.5. The third kappa shape index (κ3) is 5.30. The Morgan fingerprint density at radius 3 is 1.74 bits per heavy atom. The van der Waals surface area contributed by atoms with Crippen molar-refractivity contribution in [1.82, 2.24) is 0 Å². The summed E-state index contributed by atoms with van der Waals surface area (Å²) in [5.74, 6) is 0.598. The van der Waals surface area contributed by atoms with E-state index in [9.17, 15) is 0 Å². The van der Waals surface area contributed by atoms with Gasteiger partial charge in [-0.3, -0.25) is 0 Å². The quantitative estimate of drug-likeness (QED) is 0.372. The van der Waals surface area contributed by atoms with E-state index in [-0.39, 0.29) is 0 Å². The predicted octanol–water partition coefficient (Wildman–Crippen LogP) is 6.14. The van der Waals surface area contributed by atoms with Gasteiger partial charge in [0.2, 0.25) is 0 Å². The second-order valence-electron chi connectivity index (χ2n) is 6.94. The van der Waals surface area contributed by atoms with Gasteiger partial charge < -0.3 is 8.85 Å². The van der Waals surface area contributed by atoms with Crippen molar-refractivity contribution in [1.29, 1.82) is 0 Å². The minimum Gasteiger partial charge on any atom is -0.394 e. The highest BCUT2D eigenvalue weighted by atomic mass is 28.4. The van der Waals surface area contributed by atoms with E-state index >= 15 is 0 Å². The number of allylic oxidation sites excluding steroid dienone is 4. The fourth-order valence-corrected chi connectivity index (χ4v) is 7.42. The fraction of sp³-hybridized carbons (Fsp3) is 0.800. The molecule has 0 fully saturated rings. The van der Waals surface area contributed by atoms with Crippen LogP contribution in [0, 0.1) is 5.92 Å². The molecule has 2 aliphatic carbocycles. The van der Waals surface area contributed by atoms with Crippen molar-refractivity contribution in [2.24, 2.45) is 5.92 Å². The largest absolute Gasteiger partial charge is 0.394 e. The van der Waals surface area contributed by atoms with Gasteiger partial charge in [-0.15, -0.1) is 0 Å². The Balaban J connectivity index is 2.24. The third-order valence-corrected chi connectivity index (χ3v) is 9.15. The highest BCUT2D eigenvalue weighted by Gasteiger charge is 2.40. The summed E-state index contributed by atoms with van der Waals surface area (Å²) in [6, 6.07) is 2.19. The van der Waals surface area contributed by atoms with Crippen LogP contribution < -0.4 is 0 Å². The Bertz CT molecular complexity index is 382. The van der Waals surface area contributed by atoms with E-state index < -0.39 is 8.56 Å². The van der Waals surface area contributed by atoms with Gasteiger partial charge in [0, 0.05) is 25.2 Å². The van der Waals surface area contributed by atoms with Crippen molar-refractivity contribution < 1.29 is 8.85 Å². The predicted molar refractivity (Wildman–Crippen MR) is 101 cm³/mol. The SMILES string of the molecule is CCO[Si](CC)(CC(C1=CCCCC1)C1=CCCCC1)OCC. The first-order valence-corrected chi connectivity index (χ1v) is 12.1. The Labute approximate surface area is 144 Å². The van der Waals surface area contributed by atoms with Gasteiger partial charge in [0.1, 0.15) is 0 Å². The van der Waals surface area contributed by atoms with Gasteiger partial charge in [0.15, 0.2) is 0 Å². The summed E-state index contributed by atoms with van der Waals surface area (Å²) in [4.78, 5) is 0. The van der Waals surface area contributed by atoms with Crippen LogP contribution in [-0.4, -0.2) is 21.8 Å². The Morgan fingerprint density at radius 2 is 1.39 bits per heavy atom. The molecule has 0 N–H and O–H groups in total. The van der Waals surface area contributed by atoms with Gasteiger partial charge in [-0.25, -0.2) is 0 Å². The lowest BCUT2D eigenvalue weighted by atomic mass is 9.81. The van der Waals surface area contributed by atoms with Crippen molar-refractivity contribution in [3.63, 3.8) is 0 Å². The highest BCUT2D eigenvalue weighted by Crippen LogP contribution is 2.40. The molecule has 0 bridgehead atoms. The van der Waals surface area contributed by atoms with Crippen molar-refractivity contribution in [2.45, 2.75) is 84.2 Å². The molecule has 0 unspecified atom stereocenters. The minimum atomic E-state index is -2.08. The standard InChI is InChI=1S/C20H36O2Si/c1-4-21-23(6-3,22-5-2)17-20(18-13-9-7-10-14-18)19-15-11-8-12-16-19/h13,15,20H,4-12,14,16-17H2,1-3H3. The topological polar surface area (TPSA) is 18.5 Å². The van der Waals surface area contributed by atoms with Crippen molar-refractivity contribution in [3.8, 4) is 0 Å². The molecule has 3 heteroatoms. The van der Waals surface area contributed by atoms with Crippen LogP contribution >= 0.6 is 0 Å². The molecule has 0 saturated carbocycles. The highest BCUT2D eigenvalue weighted by molar-refractivity contribution is 6.67. The first-order valence-electron chi connectivity index (χ1n) is 9.90. The summed E-state index contributed by atoms with van der Waals surface area (Å²) in [7, 11) is -2.08. The molecule has 0 amide bonds. The van der Waals surface area contributed by atoms with Crippen LogP contribution in [-0.2, 0) is 8.85 Å². The van der Waals surface area contributed by atoms with E-state index in [1.165, 1.54) is 51.4 Å². The number of rotatable bonds is 9. The molecule has 0 aliphatic heterocycles. The van der Waals surface area contributed by atoms with Crippen molar-refractivity contribution in [3.05, 3.63) is 23.3 Å². The number of hydrogen-bond acceptors (Lipinski definition) is 2. The zero-order valence-corrected chi connectivity index (χ0v) is 16.5.